The second-order valence-corrected chi connectivity index (χ2v) is 12.5. The van der Waals surface area contributed by atoms with Gasteiger partial charge in [0.15, 0.2) is 15.6 Å². The molecule has 0 saturated heterocycles. The lowest BCUT2D eigenvalue weighted by Crippen LogP contribution is -2.45. The SMILES string of the molecule is Cc1ccnc(C(=O)[C@]23Cc4cnn(-c5ccc(F)cc5)c4C=C2CC[C@H](S(=O)(=O)c2ccc(F)cc2)C3)c1. The zero-order valence-electron chi connectivity index (χ0n) is 21.1. The summed E-state index contributed by atoms with van der Waals surface area (Å²) in [6.45, 7) is 1.88. The highest BCUT2D eigenvalue weighted by molar-refractivity contribution is 7.92. The van der Waals surface area contributed by atoms with Gasteiger partial charge in [-0.05, 0) is 110 Å². The van der Waals surface area contributed by atoms with Crippen LogP contribution in [0, 0.1) is 24.0 Å². The number of aromatic nitrogens is 3. The fourth-order valence-electron chi connectivity index (χ4n) is 5.84. The predicted molar refractivity (Wildman–Crippen MR) is 142 cm³/mol. The normalized spacial score (nSPS) is 20.6. The Morgan fingerprint density at radius 3 is 2.41 bits per heavy atom. The first kappa shape index (κ1) is 25.3. The van der Waals surface area contributed by atoms with Crippen LogP contribution in [0.1, 0.15) is 46.6 Å². The molecule has 2 aliphatic carbocycles. The van der Waals surface area contributed by atoms with Gasteiger partial charge in [0, 0.05) is 6.20 Å². The molecular weight excluding hydrogens is 520 g/mol. The molecule has 1 fully saturated rings. The summed E-state index contributed by atoms with van der Waals surface area (Å²) in [7, 11) is -3.83. The van der Waals surface area contributed by atoms with Crippen molar-refractivity contribution in [3.05, 3.63) is 113 Å². The molecule has 2 atom stereocenters. The van der Waals surface area contributed by atoms with Gasteiger partial charge in [0.25, 0.3) is 0 Å². The first-order valence-corrected chi connectivity index (χ1v) is 14.2. The van der Waals surface area contributed by atoms with Gasteiger partial charge in [-0.15, -0.1) is 0 Å². The summed E-state index contributed by atoms with van der Waals surface area (Å²) in [5, 5.41) is 3.69. The van der Waals surface area contributed by atoms with Gasteiger partial charge in [-0.2, -0.15) is 5.10 Å². The number of nitrogens with zero attached hydrogens (tertiary/aromatic N) is 3. The topological polar surface area (TPSA) is 81.9 Å². The van der Waals surface area contributed by atoms with E-state index >= 15 is 0 Å². The van der Waals surface area contributed by atoms with Crippen LogP contribution in [0.15, 0.2) is 83.5 Å². The van der Waals surface area contributed by atoms with Crippen molar-refractivity contribution < 1.29 is 22.0 Å². The van der Waals surface area contributed by atoms with E-state index in [1.807, 2.05) is 13.0 Å². The van der Waals surface area contributed by atoms with Crippen LogP contribution in [0.25, 0.3) is 11.8 Å². The zero-order chi connectivity index (χ0) is 27.4. The predicted octanol–water partition coefficient (Wildman–Crippen LogP) is 5.69. The second kappa shape index (κ2) is 9.34. The molecule has 4 aromatic rings. The van der Waals surface area contributed by atoms with Crippen molar-refractivity contribution in [3.63, 3.8) is 0 Å². The molecule has 0 spiro atoms. The molecule has 198 valence electrons. The molecular formula is C30H25F2N3O3S. The standard InChI is InChI=1S/C30H25F2N3O3S/c1-19-12-13-33-27(14-19)29(36)30-16-20-18-34-35(24-7-3-22(31)4-8-24)28(20)15-21(30)2-9-26(17-30)39(37,38)25-10-5-23(32)6-11-25/h3-8,10-15,18,26H,2,9,16-17H2,1H3/t26-,30-/m0/s1. The van der Waals surface area contributed by atoms with Crippen LogP contribution in [0.3, 0.4) is 0 Å². The molecule has 0 N–H and O–H groups in total. The molecule has 39 heavy (non-hydrogen) atoms. The zero-order valence-corrected chi connectivity index (χ0v) is 22.0. The third-order valence-corrected chi connectivity index (χ3v) is 10.1. The van der Waals surface area contributed by atoms with Gasteiger partial charge in [0.05, 0.1) is 33.1 Å². The summed E-state index contributed by atoms with van der Waals surface area (Å²) >= 11 is 0. The quantitative estimate of drug-likeness (QED) is 0.238. The number of Topliss-reactive ketones (excluding diaryl/α,β-unsaturated/α-hetero) is 1. The molecule has 1 saturated carbocycles. The van der Waals surface area contributed by atoms with E-state index in [1.54, 1.807) is 41.3 Å². The van der Waals surface area contributed by atoms with Crippen molar-refractivity contribution in [3.8, 4) is 5.69 Å². The van der Waals surface area contributed by atoms with Crippen molar-refractivity contribution in [2.24, 2.45) is 5.41 Å². The van der Waals surface area contributed by atoms with Gasteiger partial charge in [0.1, 0.15) is 17.3 Å². The monoisotopic (exact) mass is 545 g/mol. The van der Waals surface area contributed by atoms with Crippen LogP contribution < -0.4 is 0 Å². The van der Waals surface area contributed by atoms with Crippen molar-refractivity contribution >= 4 is 21.7 Å². The number of fused-ring (bicyclic) bond motifs is 2. The number of halogens is 2. The maximum absolute atomic E-state index is 14.3. The Balaban J connectivity index is 1.46. The number of carbonyl (C=O) groups is 1. The van der Waals surface area contributed by atoms with Crippen molar-refractivity contribution in [2.45, 2.75) is 42.8 Å². The number of rotatable bonds is 5. The maximum atomic E-state index is 14.3. The molecule has 0 amide bonds. The fraction of sp³-hybridized carbons (Fsp3) is 0.233. The van der Waals surface area contributed by atoms with Gasteiger partial charge in [-0.3, -0.25) is 9.78 Å². The Morgan fingerprint density at radius 1 is 1.03 bits per heavy atom. The third kappa shape index (κ3) is 4.30. The van der Waals surface area contributed by atoms with Crippen LogP contribution >= 0.6 is 0 Å². The van der Waals surface area contributed by atoms with E-state index in [9.17, 15) is 22.0 Å². The minimum Gasteiger partial charge on any atom is -0.291 e. The summed E-state index contributed by atoms with van der Waals surface area (Å²) in [6, 6.07) is 14.4. The highest BCUT2D eigenvalue weighted by Crippen LogP contribution is 2.51. The number of hydrogen-bond acceptors (Lipinski definition) is 5. The van der Waals surface area contributed by atoms with Gasteiger partial charge in [-0.25, -0.2) is 21.9 Å². The van der Waals surface area contributed by atoms with Crippen molar-refractivity contribution in [1.29, 1.82) is 0 Å². The minimum atomic E-state index is -3.83. The Hall–Kier alpha value is -3.98. The lowest BCUT2D eigenvalue weighted by molar-refractivity contribution is 0.0796. The number of allylic oxidation sites excluding steroid dienone is 1. The number of sulfone groups is 1. The van der Waals surface area contributed by atoms with E-state index < -0.39 is 26.3 Å². The lowest BCUT2D eigenvalue weighted by Gasteiger charge is -2.43. The number of carbonyl (C=O) groups excluding carboxylic acids is 1. The largest absolute Gasteiger partial charge is 0.291 e. The number of hydrogen-bond donors (Lipinski definition) is 0. The van der Waals surface area contributed by atoms with Crippen LogP contribution in [0.2, 0.25) is 0 Å². The molecule has 2 aromatic carbocycles. The Morgan fingerprint density at radius 2 is 1.72 bits per heavy atom. The lowest BCUT2D eigenvalue weighted by atomic mass is 9.61. The summed E-state index contributed by atoms with van der Waals surface area (Å²) < 4.78 is 56.1. The molecule has 2 aromatic heterocycles. The molecule has 6 nitrogen and oxygen atoms in total. The summed E-state index contributed by atoms with van der Waals surface area (Å²) in [5.41, 5.74) is 3.14. The van der Waals surface area contributed by atoms with Crippen molar-refractivity contribution in [1.82, 2.24) is 14.8 Å². The number of pyridine rings is 1. The van der Waals surface area contributed by atoms with Crippen molar-refractivity contribution in [2.75, 3.05) is 0 Å². The summed E-state index contributed by atoms with van der Waals surface area (Å²) in [6.07, 6.45) is 6.25. The van der Waals surface area contributed by atoms with Gasteiger partial charge in [-0.1, -0.05) is 5.57 Å². The highest BCUT2D eigenvalue weighted by Gasteiger charge is 2.52. The van der Waals surface area contributed by atoms with Crippen LogP contribution in [-0.4, -0.2) is 34.2 Å². The van der Waals surface area contributed by atoms with Gasteiger partial charge in [0.2, 0.25) is 0 Å². The molecule has 0 bridgehead atoms. The van der Waals surface area contributed by atoms with E-state index in [1.165, 1.54) is 24.3 Å². The van der Waals surface area contributed by atoms with Crippen LogP contribution in [0.4, 0.5) is 8.78 Å². The number of ketones is 1. The summed E-state index contributed by atoms with van der Waals surface area (Å²) in [5.74, 6) is -1.09. The molecule has 9 heteroatoms. The maximum Gasteiger partial charge on any atom is 0.191 e. The number of aryl methyl sites for hydroxylation is 1. The molecule has 0 aliphatic heterocycles. The first-order chi connectivity index (χ1) is 18.7. The molecule has 0 unspecified atom stereocenters. The van der Waals surface area contributed by atoms with E-state index in [-0.39, 0.29) is 35.0 Å². The Bertz CT molecular complexity index is 1730. The average Bonchev–Trinajstić information content (AvgIpc) is 3.34. The highest BCUT2D eigenvalue weighted by atomic mass is 32.2. The van der Waals surface area contributed by atoms with Gasteiger partial charge < -0.3 is 0 Å². The molecule has 0 radical (unpaired) electrons. The average molecular weight is 546 g/mol. The Labute approximate surface area is 224 Å². The van der Waals surface area contributed by atoms with E-state index in [0.717, 1.165) is 34.5 Å². The van der Waals surface area contributed by atoms with Crippen LogP contribution in [-0.2, 0) is 16.3 Å². The van der Waals surface area contributed by atoms with E-state index in [4.69, 9.17) is 0 Å². The van der Waals surface area contributed by atoms with E-state index in [0.29, 0.717) is 18.5 Å². The number of benzene rings is 2. The minimum absolute atomic E-state index is 0.0400. The third-order valence-electron chi connectivity index (χ3n) is 7.85. The van der Waals surface area contributed by atoms with Crippen LogP contribution in [0.5, 0.6) is 0 Å². The molecule has 6 rings (SSSR count). The summed E-state index contributed by atoms with van der Waals surface area (Å²) in [4.78, 5) is 18.7. The molecule has 2 heterocycles. The molecule has 2 aliphatic rings. The smallest absolute Gasteiger partial charge is 0.191 e. The fourth-order valence-corrected chi connectivity index (χ4v) is 7.67. The Kier molecular flexibility index (Phi) is 6.06. The van der Waals surface area contributed by atoms with E-state index in [2.05, 4.69) is 10.1 Å². The second-order valence-electron chi connectivity index (χ2n) is 10.3. The van der Waals surface area contributed by atoms with Gasteiger partial charge >= 0.3 is 0 Å². The first-order valence-electron chi connectivity index (χ1n) is 12.7.